The number of urea groups is 1. The van der Waals surface area contributed by atoms with E-state index in [2.05, 4.69) is 15.6 Å². The first-order valence-corrected chi connectivity index (χ1v) is 7.09. The largest absolute Gasteiger partial charge is 0.378 e. The van der Waals surface area contributed by atoms with E-state index in [0.717, 1.165) is 11.3 Å². The number of carbonyl (C=O) groups excluding carboxylic acids is 1. The molecule has 0 bridgehead atoms. The highest BCUT2D eigenvalue weighted by Crippen LogP contribution is 2.15. The van der Waals surface area contributed by atoms with Crippen LogP contribution in [0.25, 0.3) is 0 Å². The van der Waals surface area contributed by atoms with E-state index in [-0.39, 0.29) is 6.03 Å². The number of nitrogens with zero attached hydrogens (tertiary/aromatic N) is 1. The fourth-order valence-electron chi connectivity index (χ4n) is 1.30. The number of aromatic nitrogens is 1. The monoisotopic (exact) mass is 283 g/mol. The number of hydrogen-bond acceptors (Lipinski definition) is 5. The lowest BCUT2D eigenvalue weighted by molar-refractivity contribution is 0.182. The molecule has 0 fully saturated rings. The van der Waals surface area contributed by atoms with Crippen molar-refractivity contribution in [3.63, 3.8) is 0 Å². The van der Waals surface area contributed by atoms with Gasteiger partial charge in [0.2, 0.25) is 0 Å². The van der Waals surface area contributed by atoms with E-state index in [1.807, 2.05) is 22.2 Å². The van der Waals surface area contributed by atoms with Gasteiger partial charge in [0.1, 0.15) is 0 Å². The third-order valence-corrected chi connectivity index (χ3v) is 3.64. The number of nitrogens with one attached hydrogen (secondary N) is 2. The van der Waals surface area contributed by atoms with E-state index in [4.69, 9.17) is 4.74 Å². The van der Waals surface area contributed by atoms with Crippen LogP contribution in [-0.4, -0.2) is 18.1 Å². The normalized spacial score (nSPS) is 10.3. The van der Waals surface area contributed by atoms with E-state index in [0.29, 0.717) is 18.3 Å². The van der Waals surface area contributed by atoms with Gasteiger partial charge in [-0.2, -0.15) is 11.3 Å². The number of amides is 2. The molecule has 0 aliphatic rings. The third-order valence-electron chi connectivity index (χ3n) is 2.10. The van der Waals surface area contributed by atoms with E-state index < -0.39 is 0 Å². The molecule has 0 aliphatic heterocycles. The van der Waals surface area contributed by atoms with Gasteiger partial charge in [0, 0.05) is 19.0 Å². The van der Waals surface area contributed by atoms with Crippen molar-refractivity contribution in [3.8, 4) is 0 Å². The number of methoxy groups -OCH3 is 1. The summed E-state index contributed by atoms with van der Waals surface area (Å²) in [6, 6.07) is 1.73. The second-order valence-electron chi connectivity index (χ2n) is 3.52. The smallest absolute Gasteiger partial charge is 0.321 e. The van der Waals surface area contributed by atoms with Crippen LogP contribution < -0.4 is 10.6 Å². The predicted molar refractivity (Wildman–Crippen MR) is 73.0 cm³/mol. The molecule has 2 amide bonds. The van der Waals surface area contributed by atoms with Crippen molar-refractivity contribution in [1.29, 1.82) is 0 Å². The van der Waals surface area contributed by atoms with Crippen molar-refractivity contribution in [2.75, 3.05) is 12.4 Å². The Balaban J connectivity index is 1.79. The SMILES string of the molecule is COCc1csc(NC(=O)NCc2ccsc2)n1. The Morgan fingerprint density at radius 1 is 1.50 bits per heavy atom. The molecule has 2 N–H and O–H groups in total. The molecule has 0 aliphatic carbocycles. The Morgan fingerprint density at radius 3 is 3.11 bits per heavy atom. The Kier molecular flexibility index (Phi) is 4.68. The number of thiophene rings is 1. The molecule has 2 rings (SSSR count). The highest BCUT2D eigenvalue weighted by Gasteiger charge is 2.06. The molecule has 96 valence electrons. The number of anilines is 1. The summed E-state index contributed by atoms with van der Waals surface area (Å²) in [4.78, 5) is 15.8. The number of thiazole rings is 1. The lowest BCUT2D eigenvalue weighted by Crippen LogP contribution is -2.27. The summed E-state index contributed by atoms with van der Waals surface area (Å²) < 4.78 is 4.96. The fourth-order valence-corrected chi connectivity index (χ4v) is 2.65. The molecule has 5 nitrogen and oxygen atoms in total. The summed E-state index contributed by atoms with van der Waals surface area (Å²) in [5, 5.41) is 11.9. The van der Waals surface area contributed by atoms with Crippen LogP contribution in [0.4, 0.5) is 9.93 Å². The Labute approximate surface area is 113 Å². The van der Waals surface area contributed by atoms with Gasteiger partial charge in [0.15, 0.2) is 5.13 Å². The van der Waals surface area contributed by atoms with Crippen molar-refractivity contribution in [2.45, 2.75) is 13.2 Å². The molecule has 0 atom stereocenters. The van der Waals surface area contributed by atoms with E-state index in [1.165, 1.54) is 11.3 Å². The molecule has 0 unspecified atom stereocenters. The molecule has 0 aromatic carbocycles. The zero-order chi connectivity index (χ0) is 12.8. The average Bonchev–Trinajstić information content (AvgIpc) is 2.99. The van der Waals surface area contributed by atoms with Gasteiger partial charge in [-0.1, -0.05) is 0 Å². The Morgan fingerprint density at radius 2 is 2.39 bits per heavy atom. The number of hydrogen-bond donors (Lipinski definition) is 2. The minimum absolute atomic E-state index is 0.250. The summed E-state index contributed by atoms with van der Waals surface area (Å²) in [6.07, 6.45) is 0. The molecule has 2 heterocycles. The van der Waals surface area contributed by atoms with Crippen LogP contribution in [0.3, 0.4) is 0 Å². The third kappa shape index (κ3) is 3.80. The van der Waals surface area contributed by atoms with Crippen molar-refractivity contribution >= 4 is 33.8 Å². The lowest BCUT2D eigenvalue weighted by Gasteiger charge is -2.03. The average molecular weight is 283 g/mol. The standard InChI is InChI=1S/C11H13N3O2S2/c1-16-5-9-7-18-11(13-9)14-10(15)12-4-8-2-3-17-6-8/h2-3,6-7H,4-5H2,1H3,(H2,12,13,14,15). The predicted octanol–water partition coefficient (Wildman–Crippen LogP) is 2.67. The van der Waals surface area contributed by atoms with Gasteiger partial charge in [0.05, 0.1) is 12.3 Å². The van der Waals surface area contributed by atoms with Gasteiger partial charge in [-0.15, -0.1) is 11.3 Å². The molecule has 0 saturated heterocycles. The van der Waals surface area contributed by atoms with Crippen LogP contribution in [0.1, 0.15) is 11.3 Å². The number of carbonyl (C=O) groups is 1. The van der Waals surface area contributed by atoms with Crippen molar-refractivity contribution in [3.05, 3.63) is 33.5 Å². The minimum atomic E-state index is -0.250. The van der Waals surface area contributed by atoms with E-state index in [1.54, 1.807) is 18.4 Å². The second kappa shape index (κ2) is 6.48. The molecular formula is C11H13N3O2S2. The van der Waals surface area contributed by atoms with Crippen LogP contribution in [0.2, 0.25) is 0 Å². The first-order chi connectivity index (χ1) is 8.78. The van der Waals surface area contributed by atoms with Gasteiger partial charge in [-0.25, -0.2) is 9.78 Å². The minimum Gasteiger partial charge on any atom is -0.378 e. The summed E-state index contributed by atoms with van der Waals surface area (Å²) >= 11 is 2.99. The molecular weight excluding hydrogens is 270 g/mol. The summed E-state index contributed by atoms with van der Waals surface area (Å²) in [7, 11) is 1.61. The molecule has 2 aromatic rings. The molecule has 0 radical (unpaired) electrons. The molecule has 7 heteroatoms. The van der Waals surface area contributed by atoms with Gasteiger partial charge in [0.25, 0.3) is 0 Å². The summed E-state index contributed by atoms with van der Waals surface area (Å²) in [5.74, 6) is 0. The number of ether oxygens (including phenoxy) is 1. The van der Waals surface area contributed by atoms with Crippen LogP contribution in [-0.2, 0) is 17.9 Å². The van der Waals surface area contributed by atoms with Crippen molar-refractivity contribution in [2.24, 2.45) is 0 Å². The first kappa shape index (κ1) is 13.0. The van der Waals surface area contributed by atoms with Crippen molar-refractivity contribution < 1.29 is 9.53 Å². The van der Waals surface area contributed by atoms with Gasteiger partial charge in [-0.3, -0.25) is 5.32 Å². The summed E-state index contributed by atoms with van der Waals surface area (Å²) in [5.41, 5.74) is 1.91. The maximum atomic E-state index is 11.6. The lowest BCUT2D eigenvalue weighted by atomic mass is 10.3. The van der Waals surface area contributed by atoms with E-state index >= 15 is 0 Å². The van der Waals surface area contributed by atoms with Crippen LogP contribution >= 0.6 is 22.7 Å². The zero-order valence-electron chi connectivity index (χ0n) is 9.80. The van der Waals surface area contributed by atoms with Crippen molar-refractivity contribution in [1.82, 2.24) is 10.3 Å². The van der Waals surface area contributed by atoms with Gasteiger partial charge >= 0.3 is 6.03 Å². The second-order valence-corrected chi connectivity index (χ2v) is 5.15. The molecule has 0 saturated carbocycles. The Bertz CT molecular complexity index is 496. The molecule has 0 spiro atoms. The van der Waals surface area contributed by atoms with Gasteiger partial charge in [-0.05, 0) is 22.4 Å². The highest BCUT2D eigenvalue weighted by atomic mass is 32.1. The maximum Gasteiger partial charge on any atom is 0.321 e. The van der Waals surface area contributed by atoms with Crippen LogP contribution in [0.5, 0.6) is 0 Å². The summed E-state index contributed by atoms with van der Waals surface area (Å²) in [6.45, 7) is 0.973. The fraction of sp³-hybridized carbons (Fsp3) is 0.273. The van der Waals surface area contributed by atoms with E-state index in [9.17, 15) is 4.79 Å². The molecule has 2 aromatic heterocycles. The first-order valence-electron chi connectivity index (χ1n) is 5.27. The highest BCUT2D eigenvalue weighted by molar-refractivity contribution is 7.13. The van der Waals surface area contributed by atoms with Gasteiger partial charge < -0.3 is 10.1 Å². The molecule has 18 heavy (non-hydrogen) atoms. The quantitative estimate of drug-likeness (QED) is 0.886. The number of rotatable bonds is 5. The van der Waals surface area contributed by atoms with Crippen LogP contribution in [0, 0.1) is 0 Å². The Hall–Kier alpha value is -1.44. The topological polar surface area (TPSA) is 63.2 Å². The van der Waals surface area contributed by atoms with Crippen LogP contribution in [0.15, 0.2) is 22.2 Å². The zero-order valence-corrected chi connectivity index (χ0v) is 11.4. The maximum absolute atomic E-state index is 11.6.